The van der Waals surface area contributed by atoms with Crippen LogP contribution in [0.15, 0.2) is 34.4 Å². The monoisotopic (exact) mass is 359 g/mol. The highest BCUT2D eigenvalue weighted by molar-refractivity contribution is 9.10. The molecule has 0 spiro atoms. The van der Waals surface area contributed by atoms with Crippen molar-refractivity contribution in [1.82, 2.24) is 0 Å². The van der Waals surface area contributed by atoms with Crippen LogP contribution in [0.3, 0.4) is 0 Å². The largest absolute Gasteiger partial charge is 0.419 e. The fraction of sp³-hybridized carbons (Fsp3) is 0.231. The molecule has 0 amide bonds. The van der Waals surface area contributed by atoms with E-state index < -0.39 is 17.7 Å². The van der Waals surface area contributed by atoms with Gasteiger partial charge in [-0.3, -0.25) is 0 Å². The van der Waals surface area contributed by atoms with Crippen LogP contribution in [-0.2, 0) is 19.1 Å². The van der Waals surface area contributed by atoms with Gasteiger partial charge in [-0.15, -0.1) is 0 Å². The van der Waals surface area contributed by atoms with Gasteiger partial charge >= 0.3 is 11.9 Å². The van der Waals surface area contributed by atoms with Gasteiger partial charge in [-0.2, -0.15) is 0 Å². The Hall–Kier alpha value is -1.53. The topological polar surface area (TPSA) is 64.6 Å². The van der Waals surface area contributed by atoms with Crippen LogP contribution in [0, 0.1) is 0 Å². The first-order valence-corrected chi connectivity index (χ1v) is 6.84. The first-order chi connectivity index (χ1) is 9.28. The molecule has 1 aromatic rings. The third-order valence-corrected chi connectivity index (χ3v) is 3.63. The van der Waals surface area contributed by atoms with E-state index >= 15 is 0 Å². The zero-order valence-electron chi connectivity index (χ0n) is 10.7. The second-order valence-corrected chi connectivity index (χ2v) is 5.77. The first-order valence-electron chi connectivity index (χ1n) is 5.67. The molecular formula is C13H11BrClNO4. The number of esters is 2. The summed E-state index contributed by atoms with van der Waals surface area (Å²) in [5, 5.41) is 3.38. The minimum atomic E-state index is -1.24. The summed E-state index contributed by atoms with van der Waals surface area (Å²) < 4.78 is 10.6. The lowest BCUT2D eigenvalue weighted by atomic mass is 10.2. The molecule has 1 N–H and O–H groups in total. The lowest BCUT2D eigenvalue weighted by molar-refractivity contribution is -0.222. The van der Waals surface area contributed by atoms with E-state index in [-0.39, 0.29) is 5.57 Å². The smallest absolute Gasteiger partial charge is 0.350 e. The molecule has 0 aliphatic carbocycles. The molecular weight excluding hydrogens is 350 g/mol. The number of carbonyl (C=O) groups is 2. The van der Waals surface area contributed by atoms with Crippen molar-refractivity contribution in [3.05, 3.63) is 39.5 Å². The highest BCUT2D eigenvalue weighted by Crippen LogP contribution is 2.26. The Bertz CT molecular complexity index is 590. The molecule has 1 fully saturated rings. The molecule has 5 nitrogen and oxygen atoms in total. The van der Waals surface area contributed by atoms with Gasteiger partial charge in [0.15, 0.2) is 5.57 Å². The van der Waals surface area contributed by atoms with Gasteiger partial charge in [0.05, 0.1) is 5.02 Å². The Labute approximate surface area is 129 Å². The Morgan fingerprint density at radius 3 is 2.40 bits per heavy atom. The van der Waals surface area contributed by atoms with E-state index in [0.717, 1.165) is 0 Å². The molecule has 2 rings (SSSR count). The van der Waals surface area contributed by atoms with Crippen LogP contribution in [0.4, 0.5) is 5.69 Å². The van der Waals surface area contributed by atoms with Crippen molar-refractivity contribution in [2.45, 2.75) is 19.6 Å². The van der Waals surface area contributed by atoms with E-state index in [1.54, 1.807) is 18.2 Å². The van der Waals surface area contributed by atoms with E-state index in [2.05, 4.69) is 21.2 Å². The van der Waals surface area contributed by atoms with Gasteiger partial charge in [0.1, 0.15) is 0 Å². The van der Waals surface area contributed by atoms with E-state index in [9.17, 15) is 9.59 Å². The van der Waals surface area contributed by atoms with Crippen LogP contribution in [0.2, 0.25) is 5.02 Å². The number of cyclic esters (lactones) is 2. The molecule has 20 heavy (non-hydrogen) atoms. The van der Waals surface area contributed by atoms with Crippen LogP contribution < -0.4 is 5.32 Å². The predicted molar refractivity (Wildman–Crippen MR) is 77.1 cm³/mol. The van der Waals surface area contributed by atoms with Crippen molar-refractivity contribution in [2.24, 2.45) is 0 Å². The van der Waals surface area contributed by atoms with Crippen LogP contribution in [0.5, 0.6) is 0 Å². The second kappa shape index (κ2) is 5.46. The van der Waals surface area contributed by atoms with E-state index in [1.807, 2.05) is 0 Å². The van der Waals surface area contributed by atoms with Crippen LogP contribution in [0.1, 0.15) is 13.8 Å². The number of ether oxygens (including phenoxy) is 2. The lowest BCUT2D eigenvalue weighted by Crippen LogP contribution is -2.42. The molecule has 1 aromatic carbocycles. The second-order valence-electron chi connectivity index (χ2n) is 4.51. The number of rotatable bonds is 2. The molecule has 0 radical (unpaired) electrons. The summed E-state index contributed by atoms with van der Waals surface area (Å²) in [5.41, 5.74) is 0.453. The van der Waals surface area contributed by atoms with Gasteiger partial charge in [0.25, 0.3) is 5.79 Å². The number of carbonyl (C=O) groups excluding carboxylic acids is 2. The average molecular weight is 361 g/mol. The Balaban J connectivity index is 2.17. The fourth-order valence-electron chi connectivity index (χ4n) is 1.52. The SMILES string of the molecule is CC1(C)OC(=O)C(=CNc2ccc(Cl)c(Br)c2)C(=O)O1. The fourth-order valence-corrected chi connectivity index (χ4v) is 2.02. The Morgan fingerprint density at radius 2 is 1.85 bits per heavy atom. The lowest BCUT2D eigenvalue weighted by Gasteiger charge is -2.29. The molecule has 106 valence electrons. The van der Waals surface area contributed by atoms with Crippen molar-refractivity contribution >= 4 is 45.2 Å². The Kier molecular flexibility index (Phi) is 4.06. The standard InChI is InChI=1S/C13H11BrClNO4/c1-13(2)19-11(17)8(12(18)20-13)6-16-7-3-4-10(15)9(14)5-7/h3-6,16H,1-2H3. The molecule has 1 aliphatic heterocycles. The zero-order chi connectivity index (χ0) is 14.9. The third-order valence-electron chi connectivity index (χ3n) is 2.42. The van der Waals surface area contributed by atoms with Crippen molar-refractivity contribution in [3.8, 4) is 0 Å². The van der Waals surface area contributed by atoms with Gasteiger partial charge in [0, 0.05) is 30.2 Å². The molecule has 0 bridgehead atoms. The summed E-state index contributed by atoms with van der Waals surface area (Å²) in [4.78, 5) is 23.4. The molecule has 0 aromatic heterocycles. The average Bonchev–Trinajstić information content (AvgIpc) is 2.31. The summed E-state index contributed by atoms with van der Waals surface area (Å²) >= 11 is 9.14. The molecule has 1 aliphatic rings. The quantitative estimate of drug-likeness (QED) is 0.498. The number of hydrogen-bond acceptors (Lipinski definition) is 5. The molecule has 1 saturated heterocycles. The van der Waals surface area contributed by atoms with Crippen molar-refractivity contribution in [3.63, 3.8) is 0 Å². The third kappa shape index (κ3) is 3.32. The maximum Gasteiger partial charge on any atom is 0.350 e. The van der Waals surface area contributed by atoms with Gasteiger partial charge in [0.2, 0.25) is 0 Å². The summed E-state index contributed by atoms with van der Waals surface area (Å²) in [7, 11) is 0. The number of anilines is 1. The van der Waals surface area contributed by atoms with Gasteiger partial charge in [-0.05, 0) is 34.1 Å². The van der Waals surface area contributed by atoms with Crippen LogP contribution in [0.25, 0.3) is 0 Å². The highest BCUT2D eigenvalue weighted by atomic mass is 79.9. The number of nitrogens with one attached hydrogen (secondary N) is 1. The first kappa shape index (κ1) is 14.9. The molecule has 0 atom stereocenters. The van der Waals surface area contributed by atoms with Crippen molar-refractivity contribution in [2.75, 3.05) is 5.32 Å². The molecule has 1 heterocycles. The van der Waals surface area contributed by atoms with E-state index in [4.69, 9.17) is 21.1 Å². The van der Waals surface area contributed by atoms with E-state index in [0.29, 0.717) is 15.2 Å². The summed E-state index contributed by atoms with van der Waals surface area (Å²) in [6.45, 7) is 2.98. The van der Waals surface area contributed by atoms with Gasteiger partial charge in [-0.25, -0.2) is 9.59 Å². The molecule has 0 unspecified atom stereocenters. The Morgan fingerprint density at radius 1 is 1.25 bits per heavy atom. The highest BCUT2D eigenvalue weighted by Gasteiger charge is 2.38. The minimum absolute atomic E-state index is 0.199. The molecule has 7 heteroatoms. The van der Waals surface area contributed by atoms with Crippen LogP contribution >= 0.6 is 27.5 Å². The predicted octanol–water partition coefficient (Wildman–Crippen LogP) is 3.23. The number of hydrogen-bond donors (Lipinski definition) is 1. The number of halogens is 2. The minimum Gasteiger partial charge on any atom is -0.419 e. The maximum atomic E-state index is 11.7. The van der Waals surface area contributed by atoms with Crippen molar-refractivity contribution in [1.29, 1.82) is 0 Å². The van der Waals surface area contributed by atoms with E-state index in [1.165, 1.54) is 20.0 Å². The molecule has 0 saturated carbocycles. The summed E-state index contributed by atoms with van der Waals surface area (Å²) in [5.74, 6) is -2.70. The summed E-state index contributed by atoms with van der Waals surface area (Å²) in [6, 6.07) is 5.09. The number of benzene rings is 1. The normalized spacial score (nSPS) is 17.3. The van der Waals surface area contributed by atoms with Gasteiger partial charge < -0.3 is 14.8 Å². The van der Waals surface area contributed by atoms with Gasteiger partial charge in [-0.1, -0.05) is 11.6 Å². The maximum absolute atomic E-state index is 11.7. The summed E-state index contributed by atoms with van der Waals surface area (Å²) in [6.07, 6.45) is 1.25. The van der Waals surface area contributed by atoms with Crippen LogP contribution in [-0.4, -0.2) is 17.7 Å². The van der Waals surface area contributed by atoms with Crippen molar-refractivity contribution < 1.29 is 19.1 Å². The zero-order valence-corrected chi connectivity index (χ0v) is 13.0.